The second-order valence-corrected chi connectivity index (χ2v) is 10.3. The van der Waals surface area contributed by atoms with Crippen molar-refractivity contribution in [2.45, 2.75) is 0 Å². The van der Waals surface area contributed by atoms with Crippen molar-refractivity contribution in [2.75, 3.05) is 0 Å². The fourth-order valence-corrected chi connectivity index (χ4v) is 6.22. The van der Waals surface area contributed by atoms with E-state index in [4.69, 9.17) is 4.98 Å². The maximum atomic E-state index is 5.27. The Kier molecular flexibility index (Phi) is 5.21. The van der Waals surface area contributed by atoms with E-state index in [-0.39, 0.29) is 0 Å². The smallest absolute Gasteiger partial charge is 0.0722 e. The molecule has 7 aromatic carbocycles. The molecule has 0 spiro atoms. The molecule has 40 heavy (non-hydrogen) atoms. The monoisotopic (exact) mass is 507 g/mol. The van der Waals surface area contributed by atoms with Crippen LogP contribution >= 0.6 is 0 Å². The molecule has 8 rings (SSSR count). The normalized spacial score (nSPS) is 11.5. The molecular formula is C39H25N. The molecule has 0 aliphatic heterocycles. The zero-order chi connectivity index (χ0) is 26.5. The van der Waals surface area contributed by atoms with Gasteiger partial charge in [0.1, 0.15) is 0 Å². The highest BCUT2D eigenvalue weighted by Gasteiger charge is 2.18. The molecule has 1 aromatic heterocycles. The standard InChI is InChI=1S/C39H25N/c1-2-13-28-25-29(24-23-26(28)11-1)36-21-10-22-37(40-36)39-34-18-7-5-16-32(34)38(33-17-6-8-19-35(33)39)31-20-9-14-27-12-3-4-15-30(27)31/h1-25H. The fourth-order valence-electron chi connectivity index (χ4n) is 6.22. The van der Waals surface area contributed by atoms with Gasteiger partial charge in [-0.2, -0.15) is 0 Å². The Morgan fingerprint density at radius 1 is 0.325 bits per heavy atom. The molecular weight excluding hydrogens is 482 g/mol. The molecule has 0 N–H and O–H groups in total. The lowest BCUT2D eigenvalue weighted by molar-refractivity contribution is 1.34. The van der Waals surface area contributed by atoms with Gasteiger partial charge < -0.3 is 0 Å². The van der Waals surface area contributed by atoms with Gasteiger partial charge in [-0.1, -0.05) is 133 Å². The number of aromatic nitrogens is 1. The van der Waals surface area contributed by atoms with Crippen LogP contribution < -0.4 is 0 Å². The summed E-state index contributed by atoms with van der Waals surface area (Å²) in [6, 6.07) is 54.4. The van der Waals surface area contributed by atoms with Crippen LogP contribution in [0.1, 0.15) is 0 Å². The van der Waals surface area contributed by atoms with Gasteiger partial charge in [-0.15, -0.1) is 0 Å². The van der Waals surface area contributed by atoms with Gasteiger partial charge in [-0.25, -0.2) is 4.98 Å². The molecule has 1 heteroatoms. The van der Waals surface area contributed by atoms with E-state index in [0.29, 0.717) is 0 Å². The number of benzene rings is 7. The molecule has 0 atom stereocenters. The molecule has 0 aliphatic carbocycles. The van der Waals surface area contributed by atoms with E-state index in [9.17, 15) is 0 Å². The number of fused-ring (bicyclic) bond motifs is 4. The Bertz CT molecular complexity index is 2160. The molecule has 1 nitrogen and oxygen atoms in total. The van der Waals surface area contributed by atoms with Gasteiger partial charge in [-0.05, 0) is 72.4 Å². The van der Waals surface area contributed by atoms with Crippen LogP contribution in [0.25, 0.3) is 76.7 Å². The van der Waals surface area contributed by atoms with Crippen molar-refractivity contribution in [3.05, 3.63) is 152 Å². The Morgan fingerprint density at radius 3 is 1.57 bits per heavy atom. The number of hydrogen-bond donors (Lipinski definition) is 0. The second kappa shape index (κ2) is 9.18. The summed E-state index contributed by atoms with van der Waals surface area (Å²) in [5, 5.41) is 9.90. The van der Waals surface area contributed by atoms with E-state index in [0.717, 1.165) is 17.0 Å². The highest BCUT2D eigenvalue weighted by Crippen LogP contribution is 2.45. The van der Waals surface area contributed by atoms with Gasteiger partial charge in [0.25, 0.3) is 0 Å². The lowest BCUT2D eigenvalue weighted by Crippen LogP contribution is -1.94. The number of hydrogen-bond acceptors (Lipinski definition) is 1. The topological polar surface area (TPSA) is 12.9 Å². The molecule has 0 radical (unpaired) electrons. The third-order valence-corrected chi connectivity index (χ3v) is 8.04. The largest absolute Gasteiger partial charge is 0.248 e. The van der Waals surface area contributed by atoms with E-state index in [1.54, 1.807) is 0 Å². The SMILES string of the molecule is c1cc(-c2ccc3ccccc3c2)nc(-c2c3ccccc3c(-c3cccc4ccccc34)c3ccccc23)c1. The quantitative estimate of drug-likeness (QED) is 0.217. The van der Waals surface area contributed by atoms with Gasteiger partial charge in [0.05, 0.1) is 11.4 Å². The van der Waals surface area contributed by atoms with E-state index in [1.807, 2.05) is 0 Å². The van der Waals surface area contributed by atoms with Crippen LogP contribution in [0.4, 0.5) is 0 Å². The minimum Gasteiger partial charge on any atom is -0.248 e. The summed E-state index contributed by atoms with van der Waals surface area (Å²) >= 11 is 0. The van der Waals surface area contributed by atoms with Crippen LogP contribution in [0.2, 0.25) is 0 Å². The molecule has 1 heterocycles. The predicted molar refractivity (Wildman–Crippen MR) is 171 cm³/mol. The molecule has 0 unspecified atom stereocenters. The highest BCUT2D eigenvalue weighted by atomic mass is 14.7. The van der Waals surface area contributed by atoms with Crippen molar-refractivity contribution in [1.82, 2.24) is 4.98 Å². The maximum absolute atomic E-state index is 5.27. The van der Waals surface area contributed by atoms with Crippen molar-refractivity contribution in [3.8, 4) is 33.6 Å². The first kappa shape index (κ1) is 22.7. The molecule has 0 aliphatic rings. The number of nitrogens with zero attached hydrogens (tertiary/aromatic N) is 1. The third kappa shape index (κ3) is 3.60. The predicted octanol–water partition coefficient (Wildman–Crippen LogP) is 10.7. The van der Waals surface area contributed by atoms with Crippen LogP contribution in [0, 0.1) is 0 Å². The molecule has 0 fully saturated rings. The first-order chi connectivity index (χ1) is 19.8. The lowest BCUT2D eigenvalue weighted by atomic mass is 9.85. The highest BCUT2D eigenvalue weighted by molar-refractivity contribution is 6.23. The first-order valence-corrected chi connectivity index (χ1v) is 13.7. The summed E-state index contributed by atoms with van der Waals surface area (Å²) in [5.41, 5.74) is 6.81. The van der Waals surface area contributed by atoms with Crippen molar-refractivity contribution in [2.24, 2.45) is 0 Å². The Morgan fingerprint density at radius 2 is 0.850 bits per heavy atom. The molecule has 0 amide bonds. The molecule has 186 valence electrons. The van der Waals surface area contributed by atoms with E-state index in [2.05, 4.69) is 152 Å². The third-order valence-electron chi connectivity index (χ3n) is 8.04. The Hall–Kier alpha value is -5.27. The summed E-state index contributed by atoms with van der Waals surface area (Å²) in [6.07, 6.45) is 0. The zero-order valence-electron chi connectivity index (χ0n) is 21.9. The van der Waals surface area contributed by atoms with Crippen LogP contribution in [-0.2, 0) is 0 Å². The van der Waals surface area contributed by atoms with Crippen molar-refractivity contribution in [3.63, 3.8) is 0 Å². The Balaban J connectivity index is 1.42. The summed E-state index contributed by atoms with van der Waals surface area (Å²) in [5.74, 6) is 0. The van der Waals surface area contributed by atoms with Crippen molar-refractivity contribution >= 4 is 43.1 Å². The average molecular weight is 508 g/mol. The Labute approximate surface area is 233 Å². The van der Waals surface area contributed by atoms with Gasteiger partial charge in [0, 0.05) is 11.1 Å². The van der Waals surface area contributed by atoms with Crippen LogP contribution in [0.5, 0.6) is 0 Å². The molecule has 8 aromatic rings. The molecule has 0 bridgehead atoms. The maximum Gasteiger partial charge on any atom is 0.0722 e. The van der Waals surface area contributed by atoms with Gasteiger partial charge in [-0.3, -0.25) is 0 Å². The number of rotatable bonds is 3. The summed E-state index contributed by atoms with van der Waals surface area (Å²) in [7, 11) is 0. The van der Waals surface area contributed by atoms with Crippen LogP contribution in [0.15, 0.2) is 152 Å². The fraction of sp³-hybridized carbons (Fsp3) is 0. The van der Waals surface area contributed by atoms with Gasteiger partial charge in [0.2, 0.25) is 0 Å². The number of pyridine rings is 1. The minimum atomic E-state index is 0.981. The summed E-state index contributed by atoms with van der Waals surface area (Å²) < 4.78 is 0. The average Bonchev–Trinajstić information content (AvgIpc) is 3.03. The summed E-state index contributed by atoms with van der Waals surface area (Å²) in [4.78, 5) is 5.27. The zero-order valence-corrected chi connectivity index (χ0v) is 21.9. The van der Waals surface area contributed by atoms with Crippen LogP contribution in [0.3, 0.4) is 0 Å². The molecule has 0 saturated heterocycles. The minimum absolute atomic E-state index is 0.981. The van der Waals surface area contributed by atoms with E-state index >= 15 is 0 Å². The van der Waals surface area contributed by atoms with E-state index in [1.165, 1.54) is 59.8 Å². The van der Waals surface area contributed by atoms with Gasteiger partial charge in [0.15, 0.2) is 0 Å². The van der Waals surface area contributed by atoms with E-state index < -0.39 is 0 Å². The first-order valence-electron chi connectivity index (χ1n) is 13.7. The lowest BCUT2D eigenvalue weighted by Gasteiger charge is -2.18. The van der Waals surface area contributed by atoms with Crippen molar-refractivity contribution in [1.29, 1.82) is 0 Å². The van der Waals surface area contributed by atoms with Crippen LogP contribution in [-0.4, -0.2) is 4.98 Å². The second-order valence-electron chi connectivity index (χ2n) is 10.3. The van der Waals surface area contributed by atoms with Gasteiger partial charge >= 0.3 is 0 Å². The summed E-state index contributed by atoms with van der Waals surface area (Å²) in [6.45, 7) is 0. The van der Waals surface area contributed by atoms with Crippen molar-refractivity contribution < 1.29 is 0 Å². The molecule has 0 saturated carbocycles.